The Morgan fingerprint density at radius 3 is 2.74 bits per heavy atom. The predicted octanol–water partition coefficient (Wildman–Crippen LogP) is 2.78. The smallest absolute Gasteiger partial charge is 0.0666 e. The molecule has 2 aliphatic rings. The van der Waals surface area contributed by atoms with Crippen LogP contribution in [0.5, 0.6) is 0 Å². The van der Waals surface area contributed by atoms with Gasteiger partial charge in [0.15, 0.2) is 0 Å². The molecule has 0 radical (unpaired) electrons. The molecule has 3 heteroatoms. The second kappa shape index (κ2) is 6.55. The number of hydrogen-bond acceptors (Lipinski definition) is 3. The highest BCUT2D eigenvalue weighted by Crippen LogP contribution is 2.34. The zero-order valence-electron chi connectivity index (χ0n) is 13.0. The van der Waals surface area contributed by atoms with E-state index in [1.54, 1.807) is 0 Å². The van der Waals surface area contributed by atoms with Crippen LogP contribution in [0.25, 0.3) is 0 Å². The fourth-order valence-electron chi connectivity index (χ4n) is 3.87. The molecule has 2 aliphatic heterocycles. The number of likely N-dealkylation sites (tertiary alicyclic amines) is 1. The van der Waals surface area contributed by atoms with E-state index >= 15 is 0 Å². The van der Waals surface area contributed by atoms with E-state index < -0.39 is 0 Å². The van der Waals surface area contributed by atoms with Gasteiger partial charge in [0.05, 0.1) is 5.60 Å². The van der Waals surface area contributed by atoms with Gasteiger partial charge in [0, 0.05) is 25.2 Å². The van der Waals surface area contributed by atoms with Crippen molar-refractivity contribution >= 4 is 0 Å². The molecular formula is C16H32N2O. The maximum absolute atomic E-state index is 6.04. The van der Waals surface area contributed by atoms with Crippen molar-refractivity contribution in [3.63, 3.8) is 0 Å². The maximum atomic E-state index is 6.04. The molecule has 0 amide bonds. The van der Waals surface area contributed by atoms with Gasteiger partial charge in [-0.1, -0.05) is 20.3 Å². The summed E-state index contributed by atoms with van der Waals surface area (Å²) in [6.07, 6.45) is 7.44. The van der Waals surface area contributed by atoms with Crippen molar-refractivity contribution in [3.05, 3.63) is 0 Å². The normalized spacial score (nSPS) is 41.4. The Kier molecular flexibility index (Phi) is 5.27. The van der Waals surface area contributed by atoms with Gasteiger partial charge >= 0.3 is 0 Å². The van der Waals surface area contributed by atoms with Crippen LogP contribution in [0, 0.1) is 5.92 Å². The fourth-order valence-corrected chi connectivity index (χ4v) is 3.87. The van der Waals surface area contributed by atoms with E-state index in [-0.39, 0.29) is 5.60 Å². The number of rotatable bonds is 4. The van der Waals surface area contributed by atoms with Gasteiger partial charge in [-0.05, 0) is 51.5 Å². The predicted molar refractivity (Wildman–Crippen MR) is 80.2 cm³/mol. The Bertz CT molecular complexity index is 284. The summed E-state index contributed by atoms with van der Waals surface area (Å²) < 4.78 is 5.99. The van der Waals surface area contributed by atoms with Gasteiger partial charge in [-0.15, -0.1) is 0 Å². The summed E-state index contributed by atoms with van der Waals surface area (Å²) >= 11 is 0. The standard InChI is InChI=1S/C16H32N2O/c1-4-13-6-8-18(15(10-13)12-17)14-7-9-19-16(3,5-2)11-14/h13-15H,4-12,17H2,1-3H3. The van der Waals surface area contributed by atoms with Crippen molar-refractivity contribution in [3.8, 4) is 0 Å². The van der Waals surface area contributed by atoms with Crippen LogP contribution < -0.4 is 5.73 Å². The number of piperidine rings is 1. The molecular weight excluding hydrogens is 236 g/mol. The molecule has 0 spiro atoms. The minimum absolute atomic E-state index is 0.0870. The highest BCUT2D eigenvalue weighted by Gasteiger charge is 2.38. The van der Waals surface area contributed by atoms with Crippen molar-refractivity contribution in [2.75, 3.05) is 19.7 Å². The number of nitrogens with zero attached hydrogens (tertiary/aromatic N) is 1. The summed E-state index contributed by atoms with van der Waals surface area (Å²) in [6.45, 7) is 9.81. The first-order valence-corrected chi connectivity index (χ1v) is 8.21. The first-order valence-electron chi connectivity index (χ1n) is 8.21. The largest absolute Gasteiger partial charge is 0.375 e. The van der Waals surface area contributed by atoms with Crippen LogP contribution >= 0.6 is 0 Å². The number of nitrogens with two attached hydrogens (primary N) is 1. The molecule has 2 fully saturated rings. The molecule has 4 unspecified atom stereocenters. The Morgan fingerprint density at radius 1 is 1.32 bits per heavy atom. The van der Waals surface area contributed by atoms with Crippen LogP contribution in [0.3, 0.4) is 0 Å². The summed E-state index contributed by atoms with van der Waals surface area (Å²) in [5, 5.41) is 0. The van der Waals surface area contributed by atoms with Crippen LogP contribution in [-0.4, -0.2) is 42.3 Å². The molecule has 2 rings (SSSR count). The Balaban J connectivity index is 2.00. The molecule has 2 heterocycles. The Hall–Kier alpha value is -0.120. The van der Waals surface area contributed by atoms with Crippen LogP contribution in [0.4, 0.5) is 0 Å². The lowest BCUT2D eigenvalue weighted by Crippen LogP contribution is -2.55. The third-order valence-electron chi connectivity index (χ3n) is 5.51. The van der Waals surface area contributed by atoms with E-state index in [1.807, 2.05) is 0 Å². The zero-order chi connectivity index (χ0) is 13.9. The molecule has 0 aliphatic carbocycles. The minimum Gasteiger partial charge on any atom is -0.375 e. The number of hydrogen-bond donors (Lipinski definition) is 1. The Labute approximate surface area is 118 Å². The third-order valence-corrected chi connectivity index (χ3v) is 5.51. The Morgan fingerprint density at radius 2 is 2.11 bits per heavy atom. The highest BCUT2D eigenvalue weighted by molar-refractivity contribution is 4.92. The lowest BCUT2D eigenvalue weighted by molar-refractivity contribution is -0.106. The summed E-state index contributed by atoms with van der Waals surface area (Å²) in [4.78, 5) is 2.71. The third kappa shape index (κ3) is 3.50. The monoisotopic (exact) mass is 268 g/mol. The first kappa shape index (κ1) is 15.3. The van der Waals surface area contributed by atoms with E-state index in [2.05, 4.69) is 25.7 Å². The summed E-state index contributed by atoms with van der Waals surface area (Å²) in [5.41, 5.74) is 6.13. The maximum Gasteiger partial charge on any atom is 0.0666 e. The van der Waals surface area contributed by atoms with Gasteiger partial charge in [0.2, 0.25) is 0 Å². The van der Waals surface area contributed by atoms with Crippen molar-refractivity contribution in [1.82, 2.24) is 4.90 Å². The molecule has 2 N–H and O–H groups in total. The second-order valence-electron chi connectivity index (χ2n) is 6.72. The average Bonchev–Trinajstić information content (AvgIpc) is 2.46. The second-order valence-corrected chi connectivity index (χ2v) is 6.72. The molecule has 19 heavy (non-hydrogen) atoms. The van der Waals surface area contributed by atoms with Crippen LogP contribution in [0.15, 0.2) is 0 Å². The lowest BCUT2D eigenvalue weighted by atomic mass is 9.83. The van der Waals surface area contributed by atoms with Gasteiger partial charge in [-0.25, -0.2) is 0 Å². The number of ether oxygens (including phenoxy) is 1. The van der Waals surface area contributed by atoms with E-state index in [0.717, 1.165) is 25.5 Å². The minimum atomic E-state index is 0.0870. The summed E-state index contributed by atoms with van der Waals surface area (Å²) in [6, 6.07) is 1.29. The highest BCUT2D eigenvalue weighted by atomic mass is 16.5. The van der Waals surface area contributed by atoms with Crippen LogP contribution in [0.2, 0.25) is 0 Å². The van der Waals surface area contributed by atoms with Gasteiger partial charge < -0.3 is 10.5 Å². The van der Waals surface area contributed by atoms with E-state index in [0.29, 0.717) is 12.1 Å². The topological polar surface area (TPSA) is 38.5 Å². The van der Waals surface area contributed by atoms with Crippen molar-refractivity contribution in [2.24, 2.45) is 11.7 Å². The summed E-state index contributed by atoms with van der Waals surface area (Å²) in [5.74, 6) is 0.891. The van der Waals surface area contributed by atoms with Gasteiger partial charge in [-0.3, -0.25) is 4.90 Å². The lowest BCUT2D eigenvalue weighted by Gasteiger charge is -2.48. The molecule has 4 atom stereocenters. The van der Waals surface area contributed by atoms with Crippen molar-refractivity contribution in [1.29, 1.82) is 0 Å². The fraction of sp³-hybridized carbons (Fsp3) is 1.00. The average molecular weight is 268 g/mol. The van der Waals surface area contributed by atoms with E-state index in [9.17, 15) is 0 Å². The zero-order valence-corrected chi connectivity index (χ0v) is 13.0. The van der Waals surface area contributed by atoms with Gasteiger partial charge in [0.1, 0.15) is 0 Å². The van der Waals surface area contributed by atoms with Crippen LogP contribution in [-0.2, 0) is 4.74 Å². The molecule has 112 valence electrons. The van der Waals surface area contributed by atoms with Crippen molar-refractivity contribution in [2.45, 2.75) is 77.0 Å². The molecule has 3 nitrogen and oxygen atoms in total. The SMILES string of the molecule is CCC1CCN(C2CCOC(C)(CC)C2)C(CN)C1. The van der Waals surface area contributed by atoms with Crippen LogP contribution in [0.1, 0.15) is 59.3 Å². The molecule has 0 aromatic carbocycles. The molecule has 2 saturated heterocycles. The first-order chi connectivity index (χ1) is 9.11. The van der Waals surface area contributed by atoms with Gasteiger partial charge in [0.25, 0.3) is 0 Å². The quantitative estimate of drug-likeness (QED) is 0.852. The molecule has 0 bridgehead atoms. The van der Waals surface area contributed by atoms with E-state index in [4.69, 9.17) is 10.5 Å². The molecule has 0 saturated carbocycles. The van der Waals surface area contributed by atoms with E-state index in [1.165, 1.54) is 38.6 Å². The summed E-state index contributed by atoms with van der Waals surface area (Å²) in [7, 11) is 0. The van der Waals surface area contributed by atoms with Crippen molar-refractivity contribution < 1.29 is 4.74 Å². The molecule has 0 aromatic rings. The molecule has 0 aromatic heterocycles. The van der Waals surface area contributed by atoms with Gasteiger partial charge in [-0.2, -0.15) is 0 Å².